The number of likely N-dealkylation sites (N-methyl/N-ethyl adjacent to an activating group) is 1. The Morgan fingerprint density at radius 1 is 0.519 bits per heavy atom. The molecule has 300 valence electrons. The number of aryl methyl sites for hydroxylation is 1. The molecule has 4 rings (SSSR count). The van der Waals surface area contributed by atoms with E-state index in [4.69, 9.17) is 212 Å². The van der Waals surface area contributed by atoms with Crippen LogP contribution < -0.4 is 18.9 Å². The molecule has 0 saturated heterocycles. The van der Waals surface area contributed by atoms with Crippen LogP contribution in [-0.2, 0) is 12.8 Å². The van der Waals surface area contributed by atoms with Crippen molar-refractivity contribution in [2.45, 2.75) is 37.8 Å². The van der Waals surface area contributed by atoms with E-state index >= 15 is 0 Å². The van der Waals surface area contributed by atoms with Crippen LogP contribution in [0.15, 0.2) is 30.3 Å². The van der Waals surface area contributed by atoms with Gasteiger partial charge < -0.3 is 24.1 Å². The van der Waals surface area contributed by atoms with Gasteiger partial charge in [0.1, 0.15) is 5.75 Å². The van der Waals surface area contributed by atoms with Crippen molar-refractivity contribution in [3.8, 4) is 23.0 Å². The average Bonchev–Trinajstić information content (AvgIpc) is 3.78. The molecule has 2 aromatic carbocycles. The highest BCUT2D eigenvalue weighted by Crippen LogP contribution is 2.50. The van der Waals surface area contributed by atoms with Crippen LogP contribution in [0.25, 0.3) is 0 Å². The standard InChI is InChI=1S/C23H29NO5.B48/c1-24-11-10-16-12-20-22(29-14-28-20)23(27-3)21(16)19(24)13-17(25)7-4-15-5-8-18(26-2)9-6-15;1-26(2)38(25)44(37(23)24)47(43(35(19)20)36(21)22)48(45(39(27(3)4)28(5)6)40(29(7)8)30(9)10)46(41(31(11)12)32(13)14)42(33(15)16)34(17)18/h5-6,8-9,12,17,19,25H,4,7,10-11,13-14H2,1-3H3;. The molecule has 6 nitrogen and oxygen atoms in total. The van der Waals surface area contributed by atoms with Crippen molar-refractivity contribution in [2.24, 2.45) is 0 Å². The molecular formula is C23H29B48NO5. The quantitative estimate of drug-likeness (QED) is 0.0821. The lowest BCUT2D eigenvalue weighted by Gasteiger charge is -2.56. The first-order valence-corrected chi connectivity index (χ1v) is 25.8. The molecule has 0 fully saturated rings. The van der Waals surface area contributed by atoms with Crippen molar-refractivity contribution in [1.82, 2.24) is 4.90 Å². The maximum absolute atomic E-state index is 10.8. The van der Waals surface area contributed by atoms with Crippen LogP contribution in [0.5, 0.6) is 23.0 Å². The predicted octanol–water partition coefficient (Wildman–Crippen LogP) is -14.9. The molecule has 2 heterocycles. The zero-order valence-electron chi connectivity index (χ0n) is 45.0. The van der Waals surface area contributed by atoms with Gasteiger partial charge in [-0.25, -0.2) is 0 Å². The summed E-state index contributed by atoms with van der Waals surface area (Å²) in [5.41, 5.74) is 3.54. The molecule has 77 heavy (non-hydrogen) atoms. The summed E-state index contributed by atoms with van der Waals surface area (Å²) in [7, 11) is 165. The average molecular weight is 918 g/mol. The summed E-state index contributed by atoms with van der Waals surface area (Å²) >= 11 is 0. The normalized spacial score (nSPS) is 13.2. The molecule has 50 radical (unpaired) electrons. The van der Waals surface area contributed by atoms with Gasteiger partial charge in [0, 0.05) is 358 Å². The van der Waals surface area contributed by atoms with Gasteiger partial charge in [0.15, 0.2) is 11.5 Å². The van der Waals surface area contributed by atoms with E-state index in [-0.39, 0.29) is 12.8 Å². The Morgan fingerprint density at radius 3 is 1.25 bits per heavy atom. The smallest absolute Gasteiger partial charge is 0.231 e. The van der Waals surface area contributed by atoms with E-state index in [9.17, 15) is 5.11 Å². The summed E-state index contributed by atoms with van der Waals surface area (Å²) in [6, 6.07) is 10.2. The van der Waals surface area contributed by atoms with E-state index in [1.165, 1.54) is 11.1 Å². The summed E-state index contributed by atoms with van der Waals surface area (Å²) in [5.74, 6) is 3.03. The third-order valence-corrected chi connectivity index (χ3v) is 15.7. The van der Waals surface area contributed by atoms with Crippen LogP contribution >= 0.6 is 0 Å². The van der Waals surface area contributed by atoms with Crippen LogP contribution in [0, 0.1) is 0 Å². The van der Waals surface area contributed by atoms with Gasteiger partial charge >= 0.3 is 0 Å². The first kappa shape index (κ1) is 71.9. The van der Waals surface area contributed by atoms with Gasteiger partial charge in [-0.15, -0.1) is 0 Å². The predicted molar refractivity (Wildman–Crippen MR) is 386 cm³/mol. The van der Waals surface area contributed by atoms with Crippen molar-refractivity contribution < 1.29 is 24.1 Å². The molecule has 2 aromatic rings. The molecule has 0 amide bonds. The monoisotopic (exact) mass is 928 g/mol. The SMILES string of the molecule is COc1ccc(CCC(O)CC2c3c(cc4c(c3OC)OCO4)CCN2C)cc1.[B]B([B])B([B])B(B([B])[B])B(B(B([B])[B])B([B])[B])B(B(B(B([B])[B])B([B])[B])B(B([B])[B])B([B])[B])B(B(B([B])[B])B([B])[B])B(B([B])[B])B([B])[B]. The van der Waals surface area contributed by atoms with E-state index in [1.54, 1.807) is 14.2 Å². The number of aliphatic hydroxyl groups is 1. The number of aliphatic hydroxyl groups excluding tert-OH is 1. The highest BCUT2D eigenvalue weighted by molar-refractivity contribution is 8.35. The van der Waals surface area contributed by atoms with Crippen molar-refractivity contribution in [3.63, 3.8) is 0 Å². The van der Waals surface area contributed by atoms with Crippen LogP contribution in [0.4, 0.5) is 0 Å². The summed E-state index contributed by atoms with van der Waals surface area (Å²) < 4.78 is 22.2. The molecule has 1 N–H and O–H groups in total. The van der Waals surface area contributed by atoms with Crippen molar-refractivity contribution in [3.05, 3.63) is 47.0 Å². The number of ether oxygens (including phenoxy) is 4. The molecule has 0 aliphatic carbocycles. The molecule has 0 bridgehead atoms. The van der Waals surface area contributed by atoms with E-state index < -0.39 is 153 Å². The molecule has 0 spiro atoms. The van der Waals surface area contributed by atoms with E-state index in [0.29, 0.717) is 18.6 Å². The number of hydrogen-bond donors (Lipinski definition) is 1. The van der Waals surface area contributed by atoms with Gasteiger partial charge in [-0.3, -0.25) is 4.90 Å². The molecule has 2 aliphatic rings. The van der Waals surface area contributed by atoms with E-state index in [0.717, 1.165) is 42.2 Å². The Bertz CT molecular complexity index is 1900. The fourth-order valence-electron chi connectivity index (χ4n) is 12.3. The summed E-state index contributed by atoms with van der Waals surface area (Å²) in [6.45, 7) is 1.16. The fraction of sp³-hybridized carbons (Fsp3) is 0.478. The highest BCUT2D eigenvalue weighted by Gasteiger charge is 2.59. The number of hydrogen-bond acceptors (Lipinski definition) is 6. The van der Waals surface area contributed by atoms with Crippen LogP contribution in [-0.4, -0.2) is 391 Å². The number of methoxy groups -OCH3 is 2. The van der Waals surface area contributed by atoms with Gasteiger partial charge in [0.2, 0.25) is 12.5 Å². The highest BCUT2D eigenvalue weighted by atomic mass is 16.7. The fourth-order valence-corrected chi connectivity index (χ4v) is 12.3. The van der Waals surface area contributed by atoms with Crippen molar-refractivity contribution in [1.29, 1.82) is 0 Å². The topological polar surface area (TPSA) is 60.4 Å². The Labute approximate surface area is 507 Å². The van der Waals surface area contributed by atoms with Crippen LogP contribution in [0.2, 0.25) is 0 Å². The molecule has 2 unspecified atom stereocenters. The number of fused-ring (bicyclic) bond motifs is 2. The Morgan fingerprint density at radius 2 is 0.896 bits per heavy atom. The van der Waals surface area contributed by atoms with Gasteiger partial charge in [0.05, 0.1) is 20.3 Å². The van der Waals surface area contributed by atoms with E-state index in [1.807, 2.05) is 12.1 Å². The first-order chi connectivity index (χ1) is 35.9. The Balaban J connectivity index is 0.000000452. The van der Waals surface area contributed by atoms with Gasteiger partial charge in [-0.2, -0.15) is 0 Å². The Hall–Kier alpha value is 0.677. The number of benzene rings is 2. The number of rotatable bonds is 29. The van der Waals surface area contributed by atoms with Gasteiger partial charge in [0.25, 0.3) is 0 Å². The van der Waals surface area contributed by atoms with Gasteiger partial charge in [-0.1, -0.05) is 12.1 Å². The lowest BCUT2D eigenvalue weighted by molar-refractivity contribution is 0.101. The second-order valence-electron chi connectivity index (χ2n) is 21.0. The van der Waals surface area contributed by atoms with Crippen LogP contribution in [0.3, 0.4) is 0 Å². The van der Waals surface area contributed by atoms with Gasteiger partial charge in [-0.05, 0) is 62.1 Å². The summed E-state index contributed by atoms with van der Waals surface area (Å²) in [6.07, 6.45) is -26.4. The first-order valence-electron chi connectivity index (χ1n) is 25.8. The summed E-state index contributed by atoms with van der Waals surface area (Å²) in [5, 5.41) is 10.8. The molecule has 0 aromatic heterocycles. The minimum atomic E-state index is -1.34. The maximum Gasteiger partial charge on any atom is 0.231 e. The minimum absolute atomic E-state index is 0.0778. The minimum Gasteiger partial charge on any atom is -0.497 e. The Kier molecular flexibility index (Phi) is 31.2. The molecule has 0 saturated carbocycles. The maximum atomic E-state index is 10.8. The summed E-state index contributed by atoms with van der Waals surface area (Å²) in [4.78, 5) is 2.30. The van der Waals surface area contributed by atoms with Crippen molar-refractivity contribution >= 4 is 340 Å². The zero-order chi connectivity index (χ0) is 58.7. The van der Waals surface area contributed by atoms with Crippen molar-refractivity contribution in [2.75, 3.05) is 34.6 Å². The molecule has 2 aliphatic heterocycles. The second kappa shape index (κ2) is 33.4. The zero-order valence-corrected chi connectivity index (χ0v) is 45.0. The lowest BCUT2D eigenvalue weighted by Crippen LogP contribution is -2.94. The third-order valence-electron chi connectivity index (χ3n) is 15.7. The second-order valence-corrected chi connectivity index (χ2v) is 21.0. The largest absolute Gasteiger partial charge is 0.497 e. The van der Waals surface area contributed by atoms with E-state index in [2.05, 4.69) is 30.1 Å². The third kappa shape index (κ3) is 18.8. The molecule has 54 heteroatoms. The lowest BCUT2D eigenvalue weighted by atomic mass is 8.25. The van der Waals surface area contributed by atoms with Crippen LogP contribution in [0.1, 0.15) is 35.6 Å². The number of nitrogens with zero attached hydrogens (tertiary/aromatic N) is 1. The molecular weight excluding hydrogens is 889 g/mol. The molecule has 2 atom stereocenters.